The first-order valence-electron chi connectivity index (χ1n) is 7.23. The monoisotopic (exact) mass is 277 g/mol. The third kappa shape index (κ3) is 3.81. The molecule has 110 valence electrons. The van der Waals surface area contributed by atoms with E-state index in [0.717, 1.165) is 13.1 Å². The van der Waals surface area contributed by atoms with Gasteiger partial charge in [-0.05, 0) is 32.9 Å². The Labute approximate surface area is 120 Å². The lowest BCUT2D eigenvalue weighted by Gasteiger charge is -2.34. The van der Waals surface area contributed by atoms with E-state index in [9.17, 15) is 4.79 Å². The number of Topliss-reactive ketones (excluding diaryl/α,β-unsaturated/α-hetero) is 1. The largest absolute Gasteiger partial charge is 0.493 e. The highest BCUT2D eigenvalue weighted by Crippen LogP contribution is 2.20. The van der Waals surface area contributed by atoms with Crippen LogP contribution in [0.3, 0.4) is 0 Å². The summed E-state index contributed by atoms with van der Waals surface area (Å²) in [5.41, 5.74) is 0.668. The van der Waals surface area contributed by atoms with Crippen LogP contribution < -0.4 is 4.74 Å². The van der Waals surface area contributed by atoms with E-state index in [4.69, 9.17) is 9.47 Å². The molecule has 0 saturated carbocycles. The zero-order valence-corrected chi connectivity index (χ0v) is 12.5. The second kappa shape index (κ2) is 6.86. The molecule has 1 saturated heterocycles. The molecule has 2 unspecified atom stereocenters. The van der Waals surface area contributed by atoms with Crippen LogP contribution in [-0.2, 0) is 4.74 Å². The first-order chi connectivity index (χ1) is 9.60. The number of nitrogens with zero attached hydrogens (tertiary/aromatic N) is 1. The van der Waals surface area contributed by atoms with E-state index in [2.05, 4.69) is 4.90 Å². The van der Waals surface area contributed by atoms with Gasteiger partial charge in [-0.25, -0.2) is 0 Å². The van der Waals surface area contributed by atoms with Crippen molar-refractivity contribution in [3.05, 3.63) is 29.8 Å². The van der Waals surface area contributed by atoms with Crippen LogP contribution in [0.4, 0.5) is 0 Å². The van der Waals surface area contributed by atoms with Gasteiger partial charge in [0.15, 0.2) is 5.78 Å². The summed E-state index contributed by atoms with van der Waals surface area (Å²) in [6.45, 7) is 8.59. The quantitative estimate of drug-likeness (QED) is 0.775. The molecule has 1 aliphatic rings. The summed E-state index contributed by atoms with van der Waals surface area (Å²) < 4.78 is 11.2. The first kappa shape index (κ1) is 15.0. The molecule has 0 radical (unpaired) electrons. The van der Waals surface area contributed by atoms with E-state index in [-0.39, 0.29) is 18.0 Å². The Bertz CT molecular complexity index is 451. The fourth-order valence-electron chi connectivity index (χ4n) is 2.68. The molecular weight excluding hydrogens is 254 g/mol. The Kier molecular flexibility index (Phi) is 5.15. The maximum atomic E-state index is 12.5. The molecule has 1 aromatic carbocycles. The average molecular weight is 277 g/mol. The molecule has 0 aromatic heterocycles. The Morgan fingerprint density at radius 3 is 2.60 bits per heavy atom. The molecule has 0 bridgehead atoms. The van der Waals surface area contributed by atoms with Crippen molar-refractivity contribution in [2.45, 2.75) is 33.0 Å². The average Bonchev–Trinajstić information content (AvgIpc) is 2.38. The van der Waals surface area contributed by atoms with Gasteiger partial charge in [0.2, 0.25) is 0 Å². The van der Waals surface area contributed by atoms with Gasteiger partial charge in [-0.1, -0.05) is 12.1 Å². The van der Waals surface area contributed by atoms with Crippen molar-refractivity contribution in [3.63, 3.8) is 0 Å². The van der Waals surface area contributed by atoms with Gasteiger partial charge in [0.05, 0.1) is 30.9 Å². The fraction of sp³-hybridized carbons (Fsp3) is 0.562. The highest BCUT2D eigenvalue weighted by atomic mass is 16.5. The van der Waals surface area contributed by atoms with E-state index < -0.39 is 0 Å². The smallest absolute Gasteiger partial charge is 0.180 e. The number of ether oxygens (including phenoxy) is 2. The van der Waals surface area contributed by atoms with Gasteiger partial charge in [-0.15, -0.1) is 0 Å². The highest BCUT2D eigenvalue weighted by molar-refractivity contribution is 6.00. The minimum atomic E-state index is 0.107. The Hall–Kier alpha value is -1.39. The van der Waals surface area contributed by atoms with Crippen molar-refractivity contribution >= 4 is 5.78 Å². The van der Waals surface area contributed by atoms with Crippen molar-refractivity contribution in [2.75, 3.05) is 26.2 Å². The zero-order chi connectivity index (χ0) is 14.5. The summed E-state index contributed by atoms with van der Waals surface area (Å²) in [6, 6.07) is 7.45. The van der Waals surface area contributed by atoms with Gasteiger partial charge >= 0.3 is 0 Å². The number of carbonyl (C=O) groups is 1. The zero-order valence-electron chi connectivity index (χ0n) is 12.5. The predicted octanol–water partition coefficient (Wildman–Crippen LogP) is 2.38. The van der Waals surface area contributed by atoms with Crippen molar-refractivity contribution in [3.8, 4) is 5.75 Å². The summed E-state index contributed by atoms with van der Waals surface area (Å²) in [6.07, 6.45) is 0.349. The number of rotatable bonds is 5. The second-order valence-electron chi connectivity index (χ2n) is 5.30. The Morgan fingerprint density at radius 1 is 1.30 bits per heavy atom. The minimum Gasteiger partial charge on any atom is -0.493 e. The van der Waals surface area contributed by atoms with Gasteiger partial charge < -0.3 is 9.47 Å². The number of carbonyl (C=O) groups excluding carboxylic acids is 1. The van der Waals surface area contributed by atoms with Crippen LogP contribution in [0.5, 0.6) is 5.75 Å². The fourth-order valence-corrected chi connectivity index (χ4v) is 2.68. The molecule has 0 amide bonds. The number of benzene rings is 1. The topological polar surface area (TPSA) is 38.8 Å². The molecule has 1 aliphatic heterocycles. The van der Waals surface area contributed by atoms with Crippen LogP contribution >= 0.6 is 0 Å². The molecule has 0 aliphatic carbocycles. The molecule has 0 N–H and O–H groups in total. The van der Waals surface area contributed by atoms with E-state index in [1.54, 1.807) is 0 Å². The molecule has 2 atom stereocenters. The summed E-state index contributed by atoms with van der Waals surface area (Å²) >= 11 is 0. The Morgan fingerprint density at radius 2 is 1.95 bits per heavy atom. The lowest BCUT2D eigenvalue weighted by atomic mass is 10.1. The molecular formula is C16H23NO3. The number of hydrogen-bond donors (Lipinski definition) is 0. The van der Waals surface area contributed by atoms with Gasteiger partial charge in [-0.2, -0.15) is 0 Å². The number of para-hydroxylation sites is 1. The van der Waals surface area contributed by atoms with Crippen LogP contribution in [0.15, 0.2) is 24.3 Å². The maximum absolute atomic E-state index is 12.5. The molecule has 0 spiro atoms. The van der Waals surface area contributed by atoms with E-state index >= 15 is 0 Å². The molecule has 1 heterocycles. The van der Waals surface area contributed by atoms with Gasteiger partial charge in [0.25, 0.3) is 0 Å². The van der Waals surface area contributed by atoms with Crippen molar-refractivity contribution in [2.24, 2.45) is 0 Å². The number of hydrogen-bond acceptors (Lipinski definition) is 4. The predicted molar refractivity (Wildman–Crippen MR) is 78.4 cm³/mol. The van der Waals surface area contributed by atoms with Crippen molar-refractivity contribution < 1.29 is 14.3 Å². The first-order valence-corrected chi connectivity index (χ1v) is 7.23. The molecule has 4 heteroatoms. The van der Waals surface area contributed by atoms with Crippen LogP contribution in [0.2, 0.25) is 0 Å². The highest BCUT2D eigenvalue weighted by Gasteiger charge is 2.24. The summed E-state index contributed by atoms with van der Waals surface area (Å²) in [7, 11) is 0. The van der Waals surface area contributed by atoms with Gasteiger partial charge in [0, 0.05) is 13.1 Å². The molecule has 2 rings (SSSR count). The third-order valence-corrected chi connectivity index (χ3v) is 3.35. The summed E-state index contributed by atoms with van der Waals surface area (Å²) in [4.78, 5) is 14.6. The van der Waals surface area contributed by atoms with E-state index in [1.165, 1.54) is 0 Å². The van der Waals surface area contributed by atoms with Crippen LogP contribution in [-0.4, -0.2) is 49.1 Å². The van der Waals surface area contributed by atoms with Crippen LogP contribution in [0, 0.1) is 0 Å². The van der Waals surface area contributed by atoms with Crippen molar-refractivity contribution in [1.29, 1.82) is 0 Å². The van der Waals surface area contributed by atoms with Gasteiger partial charge in [-0.3, -0.25) is 9.69 Å². The van der Waals surface area contributed by atoms with Crippen molar-refractivity contribution in [1.82, 2.24) is 4.90 Å². The SMILES string of the molecule is CCOc1ccccc1C(=O)CN1CC(C)OC(C)C1. The molecule has 4 nitrogen and oxygen atoms in total. The normalized spacial score (nSPS) is 23.6. The molecule has 1 fully saturated rings. The van der Waals surface area contributed by atoms with Gasteiger partial charge in [0.1, 0.15) is 5.75 Å². The summed E-state index contributed by atoms with van der Waals surface area (Å²) in [5.74, 6) is 0.782. The number of ketones is 1. The molecule has 1 aromatic rings. The second-order valence-corrected chi connectivity index (χ2v) is 5.30. The van der Waals surface area contributed by atoms with Crippen LogP contribution in [0.1, 0.15) is 31.1 Å². The van der Waals surface area contributed by atoms with E-state index in [0.29, 0.717) is 24.5 Å². The standard InChI is InChI=1S/C16H23NO3/c1-4-19-16-8-6-5-7-14(16)15(18)11-17-9-12(2)20-13(3)10-17/h5-8,12-13H,4,9-11H2,1-3H3. The molecule has 20 heavy (non-hydrogen) atoms. The van der Waals surface area contributed by atoms with Crippen LogP contribution in [0.25, 0.3) is 0 Å². The lowest BCUT2D eigenvalue weighted by molar-refractivity contribution is -0.0652. The Balaban J connectivity index is 2.04. The minimum absolute atomic E-state index is 0.107. The number of morpholine rings is 1. The lowest BCUT2D eigenvalue weighted by Crippen LogP contribution is -2.47. The summed E-state index contributed by atoms with van der Waals surface area (Å²) in [5, 5.41) is 0. The van der Waals surface area contributed by atoms with E-state index in [1.807, 2.05) is 45.0 Å². The third-order valence-electron chi connectivity index (χ3n) is 3.35. The maximum Gasteiger partial charge on any atom is 0.180 e.